The van der Waals surface area contributed by atoms with Crippen LogP contribution in [-0.2, 0) is 4.79 Å². The van der Waals surface area contributed by atoms with Crippen molar-refractivity contribution in [1.29, 1.82) is 0 Å². The van der Waals surface area contributed by atoms with E-state index in [0.717, 1.165) is 0 Å². The number of hydrogen-bond donors (Lipinski definition) is 2. The lowest BCUT2D eigenvalue weighted by atomic mass is 10.2. The zero-order valence-corrected chi connectivity index (χ0v) is 7.77. The zero-order chi connectivity index (χ0) is 13.2. The van der Waals surface area contributed by atoms with Crippen molar-refractivity contribution in [3.8, 4) is 0 Å². The second-order valence-electron chi connectivity index (χ2n) is 2.65. The van der Waals surface area contributed by atoms with Gasteiger partial charge in [-0.3, -0.25) is 5.43 Å². The topological polar surface area (TPSA) is 61.7 Å². The predicted molar refractivity (Wildman–Crippen MR) is 46.0 cm³/mol. The number of aliphatic carboxylic acids is 1. The third-order valence-electron chi connectivity index (χ3n) is 1.56. The van der Waals surface area contributed by atoms with Gasteiger partial charge in [0.1, 0.15) is 11.9 Å². The molecule has 0 radical (unpaired) electrons. The maximum Gasteiger partial charge on any atom is 0.348 e. The van der Waals surface area contributed by atoms with Gasteiger partial charge in [-0.25, -0.2) is 26.7 Å². The van der Waals surface area contributed by atoms with Crippen molar-refractivity contribution in [3.63, 3.8) is 0 Å². The van der Waals surface area contributed by atoms with E-state index in [2.05, 4.69) is 5.10 Å². The van der Waals surface area contributed by atoms with E-state index >= 15 is 0 Å². The first-order valence-corrected chi connectivity index (χ1v) is 3.89. The maximum atomic E-state index is 12.9. The van der Waals surface area contributed by atoms with Gasteiger partial charge in [-0.05, 0) is 0 Å². The summed E-state index contributed by atoms with van der Waals surface area (Å²) in [5, 5.41) is 10.9. The Hall–Kier alpha value is -2.19. The van der Waals surface area contributed by atoms with Crippen LogP contribution < -0.4 is 5.43 Å². The van der Waals surface area contributed by atoms with Crippen LogP contribution in [0.25, 0.3) is 0 Å². The average Bonchev–Trinajstić information content (AvgIpc) is 2.28. The summed E-state index contributed by atoms with van der Waals surface area (Å²) in [5.41, 5.74) is -0.0182. The van der Waals surface area contributed by atoms with Crippen LogP contribution in [0.4, 0.5) is 27.6 Å². The Morgan fingerprint density at radius 1 is 1.00 bits per heavy atom. The normalized spacial score (nSPS) is 10.9. The van der Waals surface area contributed by atoms with Gasteiger partial charge in [-0.1, -0.05) is 0 Å². The number of benzene rings is 1. The Morgan fingerprint density at radius 3 is 1.82 bits per heavy atom. The first-order valence-electron chi connectivity index (χ1n) is 3.89. The number of carboxylic acids is 1. The molecule has 0 aromatic heterocycles. The third-order valence-corrected chi connectivity index (χ3v) is 1.56. The quantitative estimate of drug-likeness (QED) is 0.284. The fourth-order valence-corrected chi connectivity index (χ4v) is 0.855. The highest BCUT2D eigenvalue weighted by molar-refractivity contribution is 6.22. The second-order valence-corrected chi connectivity index (χ2v) is 2.65. The predicted octanol–water partition coefficient (Wildman–Crippen LogP) is 1.86. The van der Waals surface area contributed by atoms with E-state index in [4.69, 9.17) is 5.11 Å². The second kappa shape index (κ2) is 4.76. The molecule has 92 valence electrons. The SMILES string of the molecule is O=C(O)C=NNc1c(F)c(F)c(F)c(F)c1F. The highest BCUT2D eigenvalue weighted by Gasteiger charge is 2.25. The van der Waals surface area contributed by atoms with Crippen molar-refractivity contribution in [2.75, 3.05) is 5.43 Å². The first-order chi connectivity index (χ1) is 7.86. The third kappa shape index (κ3) is 2.49. The lowest BCUT2D eigenvalue weighted by Crippen LogP contribution is -2.07. The van der Waals surface area contributed by atoms with Crippen molar-refractivity contribution in [3.05, 3.63) is 29.1 Å². The Bertz CT molecular complexity index is 474. The summed E-state index contributed by atoms with van der Waals surface area (Å²) in [7, 11) is 0. The number of carbonyl (C=O) groups is 1. The Labute approximate surface area is 90.4 Å². The summed E-state index contributed by atoms with van der Waals surface area (Å²) in [5.74, 6) is -12.5. The molecule has 1 rings (SSSR count). The fourth-order valence-electron chi connectivity index (χ4n) is 0.855. The van der Waals surface area contributed by atoms with Crippen LogP contribution in [0.5, 0.6) is 0 Å². The molecule has 0 heterocycles. The summed E-state index contributed by atoms with van der Waals surface area (Å²) in [4.78, 5) is 9.96. The standard InChI is InChI=1S/C8H3F5N2O2/c9-3-4(10)6(12)8(7(13)5(3)11)15-14-1-2(16)17/h1,15H,(H,16,17). The van der Waals surface area contributed by atoms with Crippen LogP contribution >= 0.6 is 0 Å². The van der Waals surface area contributed by atoms with E-state index in [1.54, 1.807) is 0 Å². The summed E-state index contributed by atoms with van der Waals surface area (Å²) in [6.07, 6.45) is 0.179. The van der Waals surface area contributed by atoms with Gasteiger partial charge in [-0.15, -0.1) is 0 Å². The summed E-state index contributed by atoms with van der Waals surface area (Å²) in [6, 6.07) is 0. The molecule has 0 atom stereocenters. The van der Waals surface area contributed by atoms with Gasteiger partial charge < -0.3 is 5.11 Å². The summed E-state index contributed by atoms with van der Waals surface area (Å²) >= 11 is 0. The van der Waals surface area contributed by atoms with Crippen molar-refractivity contribution in [2.24, 2.45) is 5.10 Å². The Kier molecular flexibility index (Phi) is 3.61. The first kappa shape index (κ1) is 12.9. The molecule has 1 aromatic rings. The summed E-state index contributed by atoms with van der Waals surface area (Å²) in [6.45, 7) is 0. The van der Waals surface area contributed by atoms with Gasteiger partial charge in [0.2, 0.25) is 5.82 Å². The molecule has 0 aliphatic heterocycles. The summed E-state index contributed by atoms with van der Waals surface area (Å²) < 4.78 is 63.6. The lowest BCUT2D eigenvalue weighted by Gasteiger charge is -2.06. The van der Waals surface area contributed by atoms with Crippen molar-refractivity contribution < 1.29 is 31.9 Å². The number of nitrogens with zero attached hydrogens (tertiary/aromatic N) is 1. The van der Waals surface area contributed by atoms with Gasteiger partial charge in [0.15, 0.2) is 23.3 Å². The molecule has 0 unspecified atom stereocenters. The molecule has 4 nitrogen and oxygen atoms in total. The maximum absolute atomic E-state index is 12.9. The molecule has 0 aliphatic carbocycles. The molecular formula is C8H3F5N2O2. The smallest absolute Gasteiger partial charge is 0.348 e. The number of rotatable bonds is 3. The largest absolute Gasteiger partial charge is 0.477 e. The van der Waals surface area contributed by atoms with Crippen LogP contribution in [0.1, 0.15) is 0 Å². The van der Waals surface area contributed by atoms with Gasteiger partial charge in [0.05, 0.1) is 0 Å². The minimum Gasteiger partial charge on any atom is -0.477 e. The Balaban J connectivity index is 3.20. The van der Waals surface area contributed by atoms with Gasteiger partial charge in [-0.2, -0.15) is 5.10 Å². The van der Waals surface area contributed by atoms with Crippen LogP contribution in [0.3, 0.4) is 0 Å². The molecule has 9 heteroatoms. The number of anilines is 1. The monoisotopic (exact) mass is 254 g/mol. The van der Waals surface area contributed by atoms with E-state index in [9.17, 15) is 26.7 Å². The Morgan fingerprint density at radius 2 is 1.41 bits per heavy atom. The van der Waals surface area contributed by atoms with Crippen LogP contribution in [0, 0.1) is 29.1 Å². The highest BCUT2D eigenvalue weighted by Crippen LogP contribution is 2.26. The van der Waals surface area contributed by atoms with Crippen molar-refractivity contribution >= 4 is 17.9 Å². The molecule has 0 saturated heterocycles. The molecule has 0 saturated carbocycles. The van der Waals surface area contributed by atoms with E-state index in [0.29, 0.717) is 0 Å². The molecule has 17 heavy (non-hydrogen) atoms. The van der Waals surface area contributed by atoms with Crippen molar-refractivity contribution in [2.45, 2.75) is 0 Å². The number of nitrogens with one attached hydrogen (secondary N) is 1. The molecule has 0 aliphatic rings. The van der Waals surface area contributed by atoms with Gasteiger partial charge in [0, 0.05) is 0 Å². The molecule has 0 spiro atoms. The number of hydrazone groups is 1. The van der Waals surface area contributed by atoms with Crippen molar-refractivity contribution in [1.82, 2.24) is 0 Å². The molecule has 0 amide bonds. The fraction of sp³-hybridized carbons (Fsp3) is 0. The highest BCUT2D eigenvalue weighted by atomic mass is 19.2. The van der Waals surface area contributed by atoms with Crippen LogP contribution in [0.15, 0.2) is 5.10 Å². The van der Waals surface area contributed by atoms with E-state index in [1.165, 1.54) is 5.43 Å². The molecule has 1 aromatic carbocycles. The minimum absolute atomic E-state index is 0.179. The van der Waals surface area contributed by atoms with Gasteiger partial charge >= 0.3 is 5.97 Å². The van der Waals surface area contributed by atoms with Gasteiger partial charge in [0.25, 0.3) is 0 Å². The minimum atomic E-state index is -2.31. The zero-order valence-electron chi connectivity index (χ0n) is 7.77. The number of carboxylic acid groups (broad SMARTS) is 1. The molecule has 0 bridgehead atoms. The lowest BCUT2D eigenvalue weighted by molar-refractivity contribution is -0.128. The van der Waals surface area contributed by atoms with E-state index in [-0.39, 0.29) is 6.21 Å². The van der Waals surface area contributed by atoms with Crippen LogP contribution in [-0.4, -0.2) is 17.3 Å². The number of halogens is 5. The molecule has 0 fully saturated rings. The van der Waals surface area contributed by atoms with E-state index < -0.39 is 40.7 Å². The van der Waals surface area contributed by atoms with Crippen LogP contribution in [0.2, 0.25) is 0 Å². The van der Waals surface area contributed by atoms with E-state index in [1.807, 2.05) is 0 Å². The molecule has 2 N–H and O–H groups in total. The molecular weight excluding hydrogens is 251 g/mol. The number of hydrogen-bond acceptors (Lipinski definition) is 3. The average molecular weight is 254 g/mol.